The Hall–Kier alpha value is -1.91. The predicted octanol–water partition coefficient (Wildman–Crippen LogP) is 2.57. The number of rotatable bonds is 5. The first-order valence-corrected chi connectivity index (χ1v) is 7.77. The minimum Gasteiger partial charge on any atom is -0.395 e. The molecule has 2 heterocycles. The van der Waals surface area contributed by atoms with Crippen LogP contribution in [-0.4, -0.2) is 46.1 Å². The summed E-state index contributed by atoms with van der Waals surface area (Å²) in [5.74, 6) is 1.02. The van der Waals surface area contributed by atoms with Crippen LogP contribution in [0.25, 0.3) is 16.4 Å². The Bertz CT molecular complexity index is 807. The Balaban J connectivity index is 2.16. The molecule has 22 heavy (non-hydrogen) atoms. The monoisotopic (exact) mass is 297 g/mol. The van der Waals surface area contributed by atoms with Crippen LogP contribution in [0.4, 0.5) is 0 Å². The van der Waals surface area contributed by atoms with Crippen molar-refractivity contribution in [3.63, 3.8) is 0 Å². The van der Waals surface area contributed by atoms with E-state index in [9.17, 15) is 0 Å². The fourth-order valence-electron chi connectivity index (χ4n) is 3.20. The third-order valence-corrected chi connectivity index (χ3v) is 4.35. The van der Waals surface area contributed by atoms with Gasteiger partial charge in [-0.15, -0.1) is 0 Å². The Morgan fingerprint density at radius 3 is 2.73 bits per heavy atom. The molecule has 0 aliphatic heterocycles. The van der Waals surface area contributed by atoms with Crippen molar-refractivity contribution in [3.8, 4) is 0 Å². The van der Waals surface area contributed by atoms with E-state index in [1.165, 1.54) is 27.5 Å². The summed E-state index contributed by atoms with van der Waals surface area (Å²) in [6, 6.07) is 8.54. The lowest BCUT2D eigenvalue weighted by atomic mass is 10.1. The average Bonchev–Trinajstić information content (AvgIpc) is 2.85. The van der Waals surface area contributed by atoms with Gasteiger partial charge in [-0.25, -0.2) is 4.98 Å². The van der Waals surface area contributed by atoms with Crippen LogP contribution >= 0.6 is 0 Å². The Morgan fingerprint density at radius 2 is 1.95 bits per heavy atom. The fraction of sp³-hybridized carbons (Fsp3) is 0.389. The molecule has 3 rings (SSSR count). The maximum atomic E-state index is 9.06. The van der Waals surface area contributed by atoms with Gasteiger partial charge < -0.3 is 10.0 Å². The van der Waals surface area contributed by atoms with E-state index in [2.05, 4.69) is 59.4 Å². The van der Waals surface area contributed by atoms with Gasteiger partial charge in [-0.1, -0.05) is 18.2 Å². The molecule has 0 unspecified atom stereocenters. The first-order valence-electron chi connectivity index (χ1n) is 7.77. The highest BCUT2D eigenvalue weighted by molar-refractivity contribution is 5.93. The molecule has 2 aromatic heterocycles. The van der Waals surface area contributed by atoms with E-state index in [1.807, 2.05) is 6.20 Å². The van der Waals surface area contributed by atoms with Crippen LogP contribution in [0.2, 0.25) is 0 Å². The molecule has 1 aromatic carbocycles. The number of aryl methyl sites for hydroxylation is 2. The van der Waals surface area contributed by atoms with Crippen molar-refractivity contribution in [3.05, 3.63) is 47.4 Å². The molecule has 0 fully saturated rings. The lowest BCUT2D eigenvalue weighted by Crippen LogP contribution is -2.24. The number of para-hydroxylation sites is 1. The van der Waals surface area contributed by atoms with Gasteiger partial charge in [0.05, 0.1) is 17.6 Å². The molecule has 0 saturated carbocycles. The van der Waals surface area contributed by atoms with Gasteiger partial charge in [-0.3, -0.25) is 4.40 Å². The van der Waals surface area contributed by atoms with Crippen molar-refractivity contribution in [1.82, 2.24) is 14.3 Å². The van der Waals surface area contributed by atoms with Gasteiger partial charge >= 0.3 is 0 Å². The van der Waals surface area contributed by atoms with Gasteiger partial charge in [0.1, 0.15) is 5.82 Å². The van der Waals surface area contributed by atoms with E-state index < -0.39 is 0 Å². The summed E-state index contributed by atoms with van der Waals surface area (Å²) in [6.07, 6.45) is 2.93. The van der Waals surface area contributed by atoms with Crippen molar-refractivity contribution >= 4 is 16.4 Å². The number of benzene rings is 1. The molecule has 0 amide bonds. The van der Waals surface area contributed by atoms with Crippen LogP contribution in [0.5, 0.6) is 0 Å². The van der Waals surface area contributed by atoms with E-state index in [4.69, 9.17) is 5.11 Å². The fourth-order valence-corrected chi connectivity index (χ4v) is 3.20. The molecule has 0 aliphatic rings. The number of fused-ring (bicyclic) bond motifs is 3. The van der Waals surface area contributed by atoms with Crippen LogP contribution in [0, 0.1) is 13.8 Å². The van der Waals surface area contributed by atoms with Crippen molar-refractivity contribution in [2.45, 2.75) is 20.3 Å². The minimum absolute atomic E-state index is 0.204. The molecule has 0 spiro atoms. The molecule has 116 valence electrons. The van der Waals surface area contributed by atoms with E-state index in [-0.39, 0.29) is 6.61 Å². The predicted molar refractivity (Wildman–Crippen MR) is 90.5 cm³/mol. The third-order valence-electron chi connectivity index (χ3n) is 4.35. The maximum absolute atomic E-state index is 9.06. The number of hydrogen-bond acceptors (Lipinski definition) is 3. The standard InChI is InChI=1S/C18H23N3O/c1-13-12-19-14(2)21-17-7-5-4-6-15(17)16(18(13)21)8-9-20(3)10-11-22/h4-7,12,22H,8-11H2,1-3H3. The molecule has 4 heteroatoms. The zero-order valence-electron chi connectivity index (χ0n) is 13.5. The maximum Gasteiger partial charge on any atom is 0.110 e. The second-order valence-electron chi connectivity index (χ2n) is 5.95. The summed E-state index contributed by atoms with van der Waals surface area (Å²) in [6.45, 7) is 6.03. The van der Waals surface area contributed by atoms with Crippen LogP contribution in [0.3, 0.4) is 0 Å². The molecule has 4 nitrogen and oxygen atoms in total. The summed E-state index contributed by atoms with van der Waals surface area (Å²) >= 11 is 0. The topological polar surface area (TPSA) is 40.8 Å². The first-order chi connectivity index (χ1) is 10.6. The van der Waals surface area contributed by atoms with Gasteiger partial charge in [0.2, 0.25) is 0 Å². The molecular formula is C18H23N3O. The van der Waals surface area contributed by atoms with Crippen molar-refractivity contribution in [2.75, 3.05) is 26.7 Å². The summed E-state index contributed by atoms with van der Waals surface area (Å²) < 4.78 is 2.27. The third kappa shape index (κ3) is 2.49. The molecule has 0 aliphatic carbocycles. The molecule has 0 radical (unpaired) electrons. The van der Waals surface area contributed by atoms with Gasteiger partial charge in [0.15, 0.2) is 0 Å². The number of likely N-dealkylation sites (N-methyl/N-ethyl adjacent to an activating group) is 1. The normalized spacial score (nSPS) is 11.9. The molecule has 0 bridgehead atoms. The lowest BCUT2D eigenvalue weighted by Gasteiger charge is -2.15. The second-order valence-corrected chi connectivity index (χ2v) is 5.95. The van der Waals surface area contributed by atoms with Crippen LogP contribution in [-0.2, 0) is 6.42 Å². The highest BCUT2D eigenvalue weighted by Gasteiger charge is 2.15. The van der Waals surface area contributed by atoms with Crippen molar-refractivity contribution < 1.29 is 5.11 Å². The molecule has 0 saturated heterocycles. The van der Waals surface area contributed by atoms with Gasteiger partial charge in [-0.2, -0.15) is 0 Å². The average molecular weight is 297 g/mol. The molecule has 3 aromatic rings. The number of aliphatic hydroxyl groups is 1. The first kappa shape index (κ1) is 15.0. The smallest absolute Gasteiger partial charge is 0.110 e. The largest absolute Gasteiger partial charge is 0.395 e. The Labute approximate surface area is 131 Å². The minimum atomic E-state index is 0.204. The Kier molecular flexibility index (Phi) is 4.14. The molecular weight excluding hydrogens is 274 g/mol. The van der Waals surface area contributed by atoms with Crippen LogP contribution in [0.15, 0.2) is 30.5 Å². The number of aliphatic hydroxyl groups excluding tert-OH is 1. The second kappa shape index (κ2) is 6.07. The SMILES string of the molecule is Cc1cnc(C)n2c1c(CCN(C)CCO)c1ccccc12. The van der Waals surface area contributed by atoms with Crippen LogP contribution < -0.4 is 0 Å². The Morgan fingerprint density at radius 1 is 1.18 bits per heavy atom. The zero-order chi connectivity index (χ0) is 15.7. The number of aromatic nitrogens is 2. The number of hydrogen-bond donors (Lipinski definition) is 1. The van der Waals surface area contributed by atoms with E-state index in [1.54, 1.807) is 0 Å². The molecule has 0 atom stereocenters. The summed E-state index contributed by atoms with van der Waals surface area (Å²) in [7, 11) is 2.05. The lowest BCUT2D eigenvalue weighted by molar-refractivity contribution is 0.223. The summed E-state index contributed by atoms with van der Waals surface area (Å²) in [5.41, 5.74) is 5.10. The zero-order valence-corrected chi connectivity index (χ0v) is 13.5. The quantitative estimate of drug-likeness (QED) is 0.787. The summed E-state index contributed by atoms with van der Waals surface area (Å²) in [5, 5.41) is 10.4. The van der Waals surface area contributed by atoms with E-state index in [0.29, 0.717) is 6.54 Å². The van der Waals surface area contributed by atoms with Crippen LogP contribution in [0.1, 0.15) is 17.0 Å². The van der Waals surface area contributed by atoms with Gasteiger partial charge in [-0.05, 0) is 44.5 Å². The number of nitrogens with zero attached hydrogens (tertiary/aromatic N) is 3. The van der Waals surface area contributed by atoms with E-state index in [0.717, 1.165) is 18.8 Å². The van der Waals surface area contributed by atoms with E-state index >= 15 is 0 Å². The van der Waals surface area contributed by atoms with Gasteiger partial charge in [0.25, 0.3) is 0 Å². The highest BCUT2D eigenvalue weighted by Crippen LogP contribution is 2.29. The molecule has 1 N–H and O–H groups in total. The highest BCUT2D eigenvalue weighted by atomic mass is 16.3. The summed E-state index contributed by atoms with van der Waals surface area (Å²) in [4.78, 5) is 6.68. The van der Waals surface area contributed by atoms with Crippen molar-refractivity contribution in [2.24, 2.45) is 0 Å². The van der Waals surface area contributed by atoms with Gasteiger partial charge in [0, 0.05) is 24.7 Å². The van der Waals surface area contributed by atoms with Crippen molar-refractivity contribution in [1.29, 1.82) is 0 Å².